The molecule has 2 aliphatic carbocycles. The number of carbonyl (C=O) groups is 3. The topological polar surface area (TPSA) is 125 Å². The first kappa shape index (κ1) is 23.8. The van der Waals surface area contributed by atoms with Gasteiger partial charge in [0.1, 0.15) is 6.61 Å². The number of hydrogen-bond donors (Lipinski definition) is 4. The van der Waals surface area contributed by atoms with E-state index in [4.69, 9.17) is 4.74 Å². The average Bonchev–Trinajstić information content (AvgIpc) is 3.34. The molecule has 4 N–H and O–H groups in total. The minimum absolute atomic E-state index is 0.0706. The number of carbonyl (C=O) groups excluding carboxylic acids is 2. The van der Waals surface area contributed by atoms with Crippen LogP contribution in [0.3, 0.4) is 0 Å². The zero-order valence-electron chi connectivity index (χ0n) is 19.3. The van der Waals surface area contributed by atoms with Crippen LogP contribution >= 0.6 is 0 Å². The van der Waals surface area contributed by atoms with Crippen molar-refractivity contribution in [3.63, 3.8) is 0 Å². The lowest BCUT2D eigenvalue weighted by Crippen LogP contribution is -2.56. The third-order valence-electron chi connectivity index (χ3n) is 7.15. The molecule has 0 aliphatic heterocycles. The number of hydrogen-bond acceptors (Lipinski definition) is 5. The SMILES string of the molecule is CC(O)C(NC(=O)C1(C)CCCC1NC(=O)OCC1c2ccccc2-c2ccccc21)C(=O)O. The minimum atomic E-state index is -1.42. The lowest BCUT2D eigenvalue weighted by Gasteiger charge is -2.32. The van der Waals surface area contributed by atoms with E-state index in [1.807, 2.05) is 36.4 Å². The number of ether oxygens (including phenoxy) is 1. The van der Waals surface area contributed by atoms with Crippen LogP contribution < -0.4 is 10.6 Å². The molecule has 8 nitrogen and oxygen atoms in total. The van der Waals surface area contributed by atoms with Gasteiger partial charge in [-0.25, -0.2) is 9.59 Å². The molecule has 2 amide bonds. The highest BCUT2D eigenvalue weighted by Crippen LogP contribution is 2.44. The van der Waals surface area contributed by atoms with Crippen molar-refractivity contribution in [3.8, 4) is 11.1 Å². The molecule has 0 saturated heterocycles. The van der Waals surface area contributed by atoms with Gasteiger partial charge in [0.25, 0.3) is 0 Å². The van der Waals surface area contributed by atoms with Gasteiger partial charge in [-0.15, -0.1) is 0 Å². The van der Waals surface area contributed by atoms with E-state index in [2.05, 4.69) is 22.8 Å². The number of aliphatic hydroxyl groups is 1. The van der Waals surface area contributed by atoms with Gasteiger partial charge in [-0.1, -0.05) is 55.0 Å². The maximum Gasteiger partial charge on any atom is 0.407 e. The van der Waals surface area contributed by atoms with Gasteiger partial charge in [0, 0.05) is 12.0 Å². The Morgan fingerprint density at radius 2 is 1.68 bits per heavy atom. The van der Waals surface area contributed by atoms with E-state index < -0.39 is 41.6 Å². The molecule has 0 spiro atoms. The van der Waals surface area contributed by atoms with Crippen molar-refractivity contribution in [2.24, 2.45) is 5.41 Å². The second-order valence-corrected chi connectivity index (χ2v) is 9.36. The molecule has 2 aromatic carbocycles. The molecule has 4 atom stereocenters. The molecule has 0 radical (unpaired) electrons. The summed E-state index contributed by atoms with van der Waals surface area (Å²) in [6.07, 6.45) is -0.108. The first-order chi connectivity index (χ1) is 16.2. The van der Waals surface area contributed by atoms with Crippen molar-refractivity contribution in [2.45, 2.75) is 57.2 Å². The van der Waals surface area contributed by atoms with Gasteiger partial charge in [0.2, 0.25) is 5.91 Å². The lowest BCUT2D eigenvalue weighted by molar-refractivity contribution is -0.146. The lowest BCUT2D eigenvalue weighted by atomic mass is 9.83. The Bertz CT molecular complexity index is 1050. The molecule has 2 aliphatic rings. The van der Waals surface area contributed by atoms with E-state index in [-0.39, 0.29) is 12.5 Å². The molecule has 4 rings (SSSR count). The van der Waals surface area contributed by atoms with E-state index in [0.29, 0.717) is 19.3 Å². The fourth-order valence-corrected chi connectivity index (χ4v) is 5.15. The number of alkyl carbamates (subject to hydrolysis) is 1. The number of fused-ring (bicyclic) bond motifs is 3. The van der Waals surface area contributed by atoms with Gasteiger partial charge in [0.15, 0.2) is 6.04 Å². The van der Waals surface area contributed by atoms with E-state index in [1.165, 1.54) is 6.92 Å². The molecule has 1 fully saturated rings. The fourth-order valence-electron chi connectivity index (χ4n) is 5.15. The molecular formula is C26H30N2O6. The standard InChI is InChI=1S/C26H30N2O6/c1-15(29)22(23(30)31)28-24(32)26(2)13-7-12-21(26)27-25(33)34-14-20-18-10-5-3-8-16(18)17-9-4-6-11-19(17)20/h3-6,8-11,15,20-22,29H,7,12-14H2,1-2H3,(H,27,33)(H,28,32)(H,30,31). The van der Waals surface area contributed by atoms with Crippen LogP contribution in [0.15, 0.2) is 48.5 Å². The Morgan fingerprint density at radius 3 is 2.24 bits per heavy atom. The van der Waals surface area contributed by atoms with Crippen molar-refractivity contribution in [2.75, 3.05) is 6.61 Å². The number of carboxylic acids is 1. The number of carboxylic acid groups (broad SMARTS) is 1. The molecular weight excluding hydrogens is 436 g/mol. The van der Waals surface area contributed by atoms with Crippen molar-refractivity contribution < 1.29 is 29.3 Å². The Labute approximate surface area is 198 Å². The number of aliphatic carboxylic acids is 1. The van der Waals surface area contributed by atoms with Crippen LogP contribution in [0.4, 0.5) is 4.79 Å². The monoisotopic (exact) mass is 466 g/mol. The van der Waals surface area contributed by atoms with E-state index in [9.17, 15) is 24.6 Å². The normalized spacial score (nSPS) is 22.9. The molecule has 1 saturated carbocycles. The molecule has 34 heavy (non-hydrogen) atoms. The second-order valence-electron chi connectivity index (χ2n) is 9.36. The van der Waals surface area contributed by atoms with Crippen LogP contribution in [0.2, 0.25) is 0 Å². The largest absolute Gasteiger partial charge is 0.480 e. The summed E-state index contributed by atoms with van der Waals surface area (Å²) in [4.78, 5) is 37.0. The summed E-state index contributed by atoms with van der Waals surface area (Å²) in [6, 6.07) is 14.2. The highest BCUT2D eigenvalue weighted by molar-refractivity contribution is 5.89. The number of aliphatic hydroxyl groups excluding tert-OH is 1. The summed E-state index contributed by atoms with van der Waals surface area (Å²) in [5.41, 5.74) is 3.49. The molecule has 0 bridgehead atoms. The van der Waals surface area contributed by atoms with Crippen molar-refractivity contribution in [1.82, 2.24) is 10.6 Å². The number of benzene rings is 2. The van der Waals surface area contributed by atoms with Crippen LogP contribution in [-0.4, -0.2) is 53.0 Å². The minimum Gasteiger partial charge on any atom is -0.480 e. The second kappa shape index (κ2) is 9.46. The summed E-state index contributed by atoms with van der Waals surface area (Å²) in [7, 11) is 0. The van der Waals surface area contributed by atoms with Crippen molar-refractivity contribution in [1.29, 1.82) is 0 Å². The average molecular weight is 467 g/mol. The van der Waals surface area contributed by atoms with E-state index in [0.717, 1.165) is 22.3 Å². The zero-order valence-corrected chi connectivity index (χ0v) is 19.3. The van der Waals surface area contributed by atoms with Gasteiger partial charge >= 0.3 is 12.1 Å². The maximum atomic E-state index is 12.9. The number of rotatable bonds is 7. The molecule has 0 aromatic heterocycles. The van der Waals surface area contributed by atoms with Gasteiger partial charge < -0.3 is 25.6 Å². The van der Waals surface area contributed by atoms with Gasteiger partial charge in [0.05, 0.1) is 11.5 Å². The molecule has 180 valence electrons. The number of nitrogens with one attached hydrogen (secondary N) is 2. The predicted octanol–water partition coefficient (Wildman–Crippen LogP) is 3.03. The summed E-state index contributed by atoms with van der Waals surface area (Å²) in [6.45, 7) is 3.17. The van der Waals surface area contributed by atoms with Crippen molar-refractivity contribution in [3.05, 3.63) is 59.7 Å². The predicted molar refractivity (Wildman–Crippen MR) is 125 cm³/mol. The summed E-state index contributed by atoms with van der Waals surface area (Å²) >= 11 is 0. The van der Waals surface area contributed by atoms with Crippen molar-refractivity contribution >= 4 is 18.0 Å². The van der Waals surface area contributed by atoms with Crippen LogP contribution in [-0.2, 0) is 14.3 Å². The van der Waals surface area contributed by atoms with Crippen LogP contribution in [0.5, 0.6) is 0 Å². The highest BCUT2D eigenvalue weighted by Gasteiger charge is 2.47. The Hall–Kier alpha value is -3.39. The number of amides is 2. The third kappa shape index (κ3) is 4.37. The quantitative estimate of drug-likeness (QED) is 0.497. The fraction of sp³-hybridized carbons (Fsp3) is 0.423. The molecule has 2 aromatic rings. The Balaban J connectivity index is 1.41. The molecule has 0 heterocycles. The smallest absolute Gasteiger partial charge is 0.407 e. The van der Waals surface area contributed by atoms with Crippen LogP contribution in [0.1, 0.15) is 50.2 Å². The first-order valence-electron chi connectivity index (χ1n) is 11.6. The Kier molecular flexibility index (Phi) is 6.61. The Morgan fingerprint density at radius 1 is 1.09 bits per heavy atom. The zero-order chi connectivity index (χ0) is 24.5. The van der Waals surface area contributed by atoms with Crippen LogP contribution in [0.25, 0.3) is 11.1 Å². The summed E-state index contributed by atoms with van der Waals surface area (Å²) in [5, 5.41) is 24.2. The van der Waals surface area contributed by atoms with Crippen LogP contribution in [0, 0.1) is 5.41 Å². The molecule has 8 heteroatoms. The summed E-state index contributed by atoms with van der Waals surface area (Å²) < 4.78 is 5.62. The van der Waals surface area contributed by atoms with Gasteiger partial charge in [-0.3, -0.25) is 4.79 Å². The van der Waals surface area contributed by atoms with Gasteiger partial charge in [-0.2, -0.15) is 0 Å². The van der Waals surface area contributed by atoms with Gasteiger partial charge in [-0.05, 0) is 48.9 Å². The van der Waals surface area contributed by atoms with E-state index >= 15 is 0 Å². The molecule has 4 unspecified atom stereocenters. The third-order valence-corrected chi connectivity index (χ3v) is 7.15. The first-order valence-corrected chi connectivity index (χ1v) is 11.6. The summed E-state index contributed by atoms with van der Waals surface area (Å²) in [5.74, 6) is -1.90. The maximum absolute atomic E-state index is 12.9. The van der Waals surface area contributed by atoms with E-state index in [1.54, 1.807) is 6.92 Å². The highest BCUT2D eigenvalue weighted by atomic mass is 16.5.